The van der Waals surface area contributed by atoms with E-state index in [0.29, 0.717) is 25.7 Å². The van der Waals surface area contributed by atoms with E-state index in [1.54, 1.807) is 0 Å². The van der Waals surface area contributed by atoms with E-state index in [4.69, 9.17) is 18.9 Å². The molecule has 55 heavy (non-hydrogen) atoms. The minimum Gasteiger partial charge on any atom is -0.394 e. The maximum Gasteiger partial charge on any atom is 0.187 e. The Morgan fingerprint density at radius 1 is 0.709 bits per heavy atom. The first-order chi connectivity index (χ1) is 25.6. The summed E-state index contributed by atoms with van der Waals surface area (Å²) in [6, 6.07) is 0. The number of fused-ring (bicyclic) bond motifs is 5. The number of hydrogen-bond donors (Lipinski definition) is 9. The number of ether oxygens (including phenoxy) is 4. The van der Waals surface area contributed by atoms with E-state index in [1.165, 1.54) is 5.57 Å². The Kier molecular flexibility index (Phi) is 12.5. The average Bonchev–Trinajstić information content (AvgIpc) is 3.51. The predicted octanol–water partition coefficient (Wildman–Crippen LogP) is 2.15. The molecule has 20 atom stereocenters. The SMILES string of the molecule is CC(C)=CCC[C@](C)(O[C@H]1O[C@H](CO)[C@@H](O)[C@@H](O)[C@H]1O)[C@H]1CC[C@]2(C)[C@@H]1[C@@H](O)C[C@H]1[C@@]3(C)CC[C@@H](O[C@H]4O[C@H](CO)[C@@H](O)[C@@H](O)[C@H]4O)C(C)(C)[C@@H]3CC[C@]12C. The van der Waals surface area contributed by atoms with Crippen LogP contribution in [0.2, 0.25) is 0 Å². The first-order valence-corrected chi connectivity index (χ1v) is 20.9. The molecule has 0 aromatic carbocycles. The van der Waals surface area contributed by atoms with E-state index in [2.05, 4.69) is 40.7 Å². The molecule has 0 radical (unpaired) electrons. The maximum atomic E-state index is 12.5. The standard InChI is InChI=1S/C42H72O13/c1-21(2)10-9-14-42(8,55-37-35(51)33(49)31(47)25(20-44)53-37)22-11-16-41(7)29(22)23(45)18-27-39(5)15-13-28(38(3,4)26(39)12-17-40(27,41)6)54-36-34(50)32(48)30(46)24(19-43)52-36/h10,22-37,43-51H,9,11-20H2,1-8H3/t22-,23-,24+,25+,26-,27-,28+,29-,30+,31+,32+,33+,34+,35+,36+,37+,39-,40+,41+,42-/m0/s1. The molecule has 6 aliphatic rings. The van der Waals surface area contributed by atoms with Crippen molar-refractivity contribution in [1.29, 1.82) is 0 Å². The molecular weight excluding hydrogens is 712 g/mol. The number of aliphatic hydroxyl groups excluding tert-OH is 9. The zero-order chi connectivity index (χ0) is 40.6. The van der Waals surface area contributed by atoms with Crippen molar-refractivity contribution in [1.82, 2.24) is 0 Å². The van der Waals surface area contributed by atoms with Gasteiger partial charge in [0.2, 0.25) is 0 Å². The molecule has 2 aliphatic heterocycles. The van der Waals surface area contributed by atoms with E-state index in [0.717, 1.165) is 32.1 Å². The Labute approximate surface area is 327 Å². The van der Waals surface area contributed by atoms with Crippen LogP contribution in [0.25, 0.3) is 0 Å². The summed E-state index contributed by atoms with van der Waals surface area (Å²) < 4.78 is 24.9. The van der Waals surface area contributed by atoms with Gasteiger partial charge >= 0.3 is 0 Å². The highest BCUT2D eigenvalue weighted by atomic mass is 16.7. The van der Waals surface area contributed by atoms with Gasteiger partial charge in [0.25, 0.3) is 0 Å². The van der Waals surface area contributed by atoms with E-state index in [-0.39, 0.29) is 51.4 Å². The minimum absolute atomic E-state index is 0.104. The van der Waals surface area contributed by atoms with Gasteiger partial charge in [-0.2, -0.15) is 0 Å². The van der Waals surface area contributed by atoms with Crippen molar-refractivity contribution >= 4 is 0 Å². The van der Waals surface area contributed by atoms with Crippen LogP contribution in [0.4, 0.5) is 0 Å². The zero-order valence-electron chi connectivity index (χ0n) is 34.3. The van der Waals surface area contributed by atoms with Crippen molar-refractivity contribution in [3.8, 4) is 0 Å². The minimum atomic E-state index is -1.55. The summed E-state index contributed by atoms with van der Waals surface area (Å²) in [6.07, 6.45) is -5.39. The molecular formula is C42H72O13. The van der Waals surface area contributed by atoms with Crippen molar-refractivity contribution in [2.45, 2.75) is 192 Å². The van der Waals surface area contributed by atoms with Gasteiger partial charge in [-0.3, -0.25) is 0 Å². The summed E-state index contributed by atoms with van der Waals surface area (Å²) in [5, 5.41) is 95.9. The molecule has 6 rings (SSSR count). The van der Waals surface area contributed by atoms with Crippen LogP contribution >= 0.6 is 0 Å². The highest BCUT2D eigenvalue weighted by molar-refractivity contribution is 5.20. The van der Waals surface area contributed by atoms with E-state index < -0.39 is 86.3 Å². The van der Waals surface area contributed by atoms with Crippen LogP contribution in [0, 0.1) is 45.3 Å². The van der Waals surface area contributed by atoms with Gasteiger partial charge < -0.3 is 64.9 Å². The summed E-state index contributed by atoms with van der Waals surface area (Å²) in [5.41, 5.74) is -0.592. The molecule has 0 bridgehead atoms. The Balaban J connectivity index is 1.26. The second-order valence-electron chi connectivity index (χ2n) is 20.1. The molecule has 9 N–H and O–H groups in total. The Bertz CT molecular complexity index is 1370. The molecule has 0 spiro atoms. The molecule has 13 nitrogen and oxygen atoms in total. The molecule has 4 saturated carbocycles. The van der Waals surface area contributed by atoms with Crippen molar-refractivity contribution in [2.24, 2.45) is 45.3 Å². The molecule has 0 aromatic rings. The molecule has 2 heterocycles. The molecule has 13 heteroatoms. The number of allylic oxidation sites excluding steroid dienone is 2. The Morgan fingerprint density at radius 2 is 1.27 bits per heavy atom. The van der Waals surface area contributed by atoms with E-state index >= 15 is 0 Å². The third kappa shape index (κ3) is 7.10. The Hall–Kier alpha value is -0.780. The monoisotopic (exact) mass is 784 g/mol. The molecule has 0 unspecified atom stereocenters. The average molecular weight is 785 g/mol. The van der Waals surface area contributed by atoms with Crippen LogP contribution in [0.15, 0.2) is 11.6 Å². The summed E-state index contributed by atoms with van der Waals surface area (Å²) in [4.78, 5) is 0. The normalized spacial score (nSPS) is 52.0. The fourth-order valence-electron chi connectivity index (χ4n) is 13.4. The molecule has 0 aromatic heterocycles. The van der Waals surface area contributed by atoms with Crippen molar-refractivity contribution in [3.63, 3.8) is 0 Å². The quantitative estimate of drug-likeness (QED) is 0.115. The topological polar surface area (TPSA) is 219 Å². The fraction of sp³-hybridized carbons (Fsp3) is 0.952. The van der Waals surface area contributed by atoms with Gasteiger partial charge in [-0.1, -0.05) is 46.3 Å². The van der Waals surface area contributed by atoms with Crippen molar-refractivity contribution in [3.05, 3.63) is 11.6 Å². The predicted molar refractivity (Wildman–Crippen MR) is 201 cm³/mol. The van der Waals surface area contributed by atoms with Gasteiger partial charge in [0.15, 0.2) is 12.6 Å². The van der Waals surface area contributed by atoms with Crippen LogP contribution < -0.4 is 0 Å². The zero-order valence-corrected chi connectivity index (χ0v) is 34.3. The number of hydrogen-bond acceptors (Lipinski definition) is 13. The molecule has 2 saturated heterocycles. The highest BCUT2D eigenvalue weighted by Gasteiger charge is 2.72. The summed E-state index contributed by atoms with van der Waals surface area (Å²) in [7, 11) is 0. The van der Waals surface area contributed by atoms with Crippen molar-refractivity contribution < 1.29 is 64.9 Å². The van der Waals surface area contributed by atoms with Gasteiger partial charge in [0, 0.05) is 0 Å². The first-order valence-electron chi connectivity index (χ1n) is 20.9. The van der Waals surface area contributed by atoms with Crippen LogP contribution in [-0.4, -0.2) is 138 Å². The first kappa shape index (κ1) is 43.8. The Morgan fingerprint density at radius 3 is 1.85 bits per heavy atom. The molecule has 6 fully saturated rings. The van der Waals surface area contributed by atoms with Crippen LogP contribution in [-0.2, 0) is 18.9 Å². The second kappa shape index (κ2) is 15.7. The van der Waals surface area contributed by atoms with Crippen LogP contribution in [0.3, 0.4) is 0 Å². The van der Waals surface area contributed by atoms with Gasteiger partial charge in [0.05, 0.1) is 31.0 Å². The third-order valence-electron chi connectivity index (χ3n) is 16.7. The summed E-state index contributed by atoms with van der Waals surface area (Å²) >= 11 is 0. The van der Waals surface area contributed by atoms with Crippen LogP contribution in [0.5, 0.6) is 0 Å². The second-order valence-corrected chi connectivity index (χ2v) is 20.1. The van der Waals surface area contributed by atoms with Crippen LogP contribution in [0.1, 0.15) is 113 Å². The molecule has 4 aliphatic carbocycles. The number of rotatable bonds is 10. The molecule has 318 valence electrons. The molecule has 0 amide bonds. The van der Waals surface area contributed by atoms with Gasteiger partial charge in [-0.15, -0.1) is 0 Å². The van der Waals surface area contributed by atoms with Gasteiger partial charge in [-0.05, 0) is 124 Å². The smallest absolute Gasteiger partial charge is 0.187 e. The fourth-order valence-corrected chi connectivity index (χ4v) is 13.4. The lowest BCUT2D eigenvalue weighted by atomic mass is 9.35. The lowest BCUT2D eigenvalue weighted by molar-refractivity contribution is -0.338. The summed E-state index contributed by atoms with van der Waals surface area (Å²) in [5.74, 6) is 0.196. The maximum absolute atomic E-state index is 12.5. The number of aliphatic hydroxyl groups is 9. The van der Waals surface area contributed by atoms with Crippen molar-refractivity contribution in [2.75, 3.05) is 13.2 Å². The third-order valence-corrected chi connectivity index (χ3v) is 16.7. The summed E-state index contributed by atoms with van der Waals surface area (Å²) in [6.45, 7) is 16.6. The van der Waals surface area contributed by atoms with Gasteiger partial charge in [0.1, 0.15) is 48.8 Å². The highest BCUT2D eigenvalue weighted by Crippen LogP contribution is 2.76. The van der Waals surface area contributed by atoms with E-state index in [1.807, 2.05) is 20.8 Å². The van der Waals surface area contributed by atoms with E-state index in [9.17, 15) is 46.0 Å². The lowest BCUT2D eigenvalue weighted by Crippen LogP contribution is -2.67. The lowest BCUT2D eigenvalue weighted by Gasteiger charge is -2.71. The largest absolute Gasteiger partial charge is 0.394 e. The van der Waals surface area contributed by atoms with Gasteiger partial charge in [-0.25, -0.2) is 0 Å².